The number of aromatic nitrogens is 3. The van der Waals surface area contributed by atoms with Gasteiger partial charge in [0.2, 0.25) is 0 Å². The Morgan fingerprint density at radius 2 is 0.957 bits per heavy atom. The van der Waals surface area contributed by atoms with Crippen molar-refractivity contribution >= 4 is 81.4 Å². The second kappa shape index (κ2) is 9.29. The third kappa shape index (κ3) is 3.24. The third-order valence-electron chi connectivity index (χ3n) is 10.0. The summed E-state index contributed by atoms with van der Waals surface area (Å²) in [5.41, 5.74) is 7.37. The van der Waals surface area contributed by atoms with Gasteiger partial charge in [0.05, 0.1) is 29.8 Å². The van der Waals surface area contributed by atoms with Crippen LogP contribution in [0.25, 0.3) is 87.3 Å². The van der Waals surface area contributed by atoms with E-state index in [0.717, 1.165) is 5.82 Å². The van der Waals surface area contributed by atoms with Gasteiger partial charge in [-0.25, -0.2) is 4.57 Å². The molecule has 3 heteroatoms. The van der Waals surface area contributed by atoms with Crippen LogP contribution in [0.4, 0.5) is 0 Å². The van der Waals surface area contributed by atoms with Crippen LogP contribution in [-0.4, -0.2) is 8.97 Å². The van der Waals surface area contributed by atoms with Crippen LogP contribution in [-0.2, 0) is 7.05 Å². The Kier molecular flexibility index (Phi) is 5.13. The monoisotopic (exact) mass is 588 g/mol. The topological polar surface area (TPSA) is 13.2 Å². The van der Waals surface area contributed by atoms with Gasteiger partial charge < -0.3 is 4.40 Å². The Morgan fingerprint density at radius 3 is 1.74 bits per heavy atom. The Balaban J connectivity index is 1.64. The summed E-state index contributed by atoms with van der Waals surface area (Å²) in [6.45, 7) is 2.23. The zero-order valence-electron chi connectivity index (χ0n) is 25.7. The number of fused-ring (bicyclic) bond motifs is 14. The average Bonchev–Trinajstić information content (AvgIpc) is 3.63. The van der Waals surface area contributed by atoms with Crippen molar-refractivity contribution in [2.24, 2.45) is 7.05 Å². The lowest BCUT2D eigenvalue weighted by atomic mass is 9.98. The number of hydrogen-bond donors (Lipinski definition) is 0. The number of nitrogens with zero attached hydrogens (tertiary/aromatic N) is 3. The van der Waals surface area contributed by atoms with Crippen molar-refractivity contribution in [3.8, 4) is 5.82 Å². The molecule has 216 valence electrons. The molecule has 0 aliphatic rings. The van der Waals surface area contributed by atoms with Gasteiger partial charge in [-0.05, 0) is 64.4 Å². The van der Waals surface area contributed by atoms with E-state index in [4.69, 9.17) is 0 Å². The molecule has 0 unspecified atom stereocenters. The predicted octanol–water partition coefficient (Wildman–Crippen LogP) is 10.5. The highest BCUT2D eigenvalue weighted by Crippen LogP contribution is 2.43. The maximum Gasteiger partial charge on any atom is 0.286 e. The highest BCUT2D eigenvalue weighted by molar-refractivity contribution is 6.32. The molecule has 6 aromatic carbocycles. The molecule has 0 radical (unpaired) electrons. The van der Waals surface area contributed by atoms with Crippen LogP contribution < -0.4 is 4.57 Å². The summed E-state index contributed by atoms with van der Waals surface area (Å²) in [4.78, 5) is 0. The van der Waals surface area contributed by atoms with E-state index in [1.165, 1.54) is 87.0 Å². The molecule has 10 rings (SSSR count). The number of hydrogen-bond acceptors (Lipinski definition) is 0. The maximum absolute atomic E-state index is 2.54. The molecule has 0 saturated heterocycles. The molecule has 0 aliphatic carbocycles. The van der Waals surface area contributed by atoms with Crippen LogP contribution >= 0.6 is 0 Å². The summed E-state index contributed by atoms with van der Waals surface area (Å²) in [6.07, 6.45) is 2.13. The summed E-state index contributed by atoms with van der Waals surface area (Å²) in [5, 5.41) is 12.6. The van der Waals surface area contributed by atoms with E-state index in [1.807, 2.05) is 0 Å². The number of aryl methyl sites for hydroxylation is 2. The first kappa shape index (κ1) is 25.4. The Labute approximate surface area is 265 Å². The van der Waals surface area contributed by atoms with Gasteiger partial charge in [-0.1, -0.05) is 103 Å². The molecular formula is C43H30N3+. The largest absolute Gasteiger partial charge is 0.308 e. The molecule has 0 bridgehead atoms. The fourth-order valence-electron chi connectivity index (χ4n) is 8.14. The first-order valence-electron chi connectivity index (χ1n) is 15.9. The molecule has 0 N–H and O–H groups in total. The average molecular weight is 589 g/mol. The van der Waals surface area contributed by atoms with E-state index in [9.17, 15) is 0 Å². The van der Waals surface area contributed by atoms with Crippen molar-refractivity contribution < 1.29 is 4.57 Å². The van der Waals surface area contributed by atoms with Gasteiger partial charge in [-0.15, -0.1) is 0 Å². The molecule has 0 amide bonds. The second-order valence-electron chi connectivity index (χ2n) is 12.5. The normalized spacial score (nSPS) is 12.1. The SMILES string of the molecule is Cc1cccc2c3c4c5ccccc5c5ccccc5c5cccc6c7ccccc7n(c4ccc3n(-c3cccc[n+]3C)c12)c56. The quantitative estimate of drug-likeness (QED) is 0.169. The van der Waals surface area contributed by atoms with Gasteiger partial charge in [0.15, 0.2) is 0 Å². The number of benzene rings is 6. The van der Waals surface area contributed by atoms with Gasteiger partial charge in [-0.2, -0.15) is 4.57 Å². The minimum atomic E-state index is 1.14. The second-order valence-corrected chi connectivity index (χ2v) is 12.5. The van der Waals surface area contributed by atoms with Crippen molar-refractivity contribution in [2.75, 3.05) is 0 Å². The molecule has 4 aromatic heterocycles. The fourth-order valence-corrected chi connectivity index (χ4v) is 8.14. The van der Waals surface area contributed by atoms with Crippen LogP contribution in [0.5, 0.6) is 0 Å². The first-order chi connectivity index (χ1) is 22.7. The molecule has 10 aromatic rings. The van der Waals surface area contributed by atoms with Crippen molar-refractivity contribution in [1.29, 1.82) is 0 Å². The van der Waals surface area contributed by atoms with E-state index in [1.54, 1.807) is 0 Å². The molecule has 0 aliphatic heterocycles. The summed E-state index contributed by atoms with van der Waals surface area (Å²) < 4.78 is 7.21. The van der Waals surface area contributed by atoms with Crippen LogP contribution in [0.3, 0.4) is 0 Å². The highest BCUT2D eigenvalue weighted by Gasteiger charge is 2.25. The summed E-state index contributed by atoms with van der Waals surface area (Å²) in [7, 11) is 2.13. The van der Waals surface area contributed by atoms with Crippen molar-refractivity contribution in [2.45, 2.75) is 6.92 Å². The van der Waals surface area contributed by atoms with Crippen LogP contribution in [0.2, 0.25) is 0 Å². The van der Waals surface area contributed by atoms with Crippen LogP contribution in [0, 0.1) is 6.92 Å². The molecular weight excluding hydrogens is 558 g/mol. The molecule has 46 heavy (non-hydrogen) atoms. The van der Waals surface area contributed by atoms with Gasteiger partial charge in [0.1, 0.15) is 11.0 Å². The minimum Gasteiger partial charge on any atom is -0.308 e. The zero-order chi connectivity index (χ0) is 30.5. The molecule has 0 atom stereocenters. The van der Waals surface area contributed by atoms with Gasteiger partial charge >= 0.3 is 0 Å². The fraction of sp³-hybridized carbons (Fsp3) is 0.0465. The smallest absolute Gasteiger partial charge is 0.286 e. The lowest BCUT2D eigenvalue weighted by Crippen LogP contribution is -2.33. The van der Waals surface area contributed by atoms with Crippen LogP contribution in [0.15, 0.2) is 146 Å². The van der Waals surface area contributed by atoms with Crippen LogP contribution in [0.1, 0.15) is 5.56 Å². The molecule has 0 saturated carbocycles. The minimum absolute atomic E-state index is 1.14. The predicted molar refractivity (Wildman–Crippen MR) is 194 cm³/mol. The Hall–Kier alpha value is -5.93. The number of pyridine rings is 1. The van der Waals surface area contributed by atoms with Crippen molar-refractivity contribution in [3.05, 3.63) is 151 Å². The van der Waals surface area contributed by atoms with Crippen molar-refractivity contribution in [3.63, 3.8) is 0 Å². The first-order valence-corrected chi connectivity index (χ1v) is 15.9. The lowest BCUT2D eigenvalue weighted by Gasteiger charge is -2.07. The summed E-state index contributed by atoms with van der Waals surface area (Å²) >= 11 is 0. The van der Waals surface area contributed by atoms with E-state index >= 15 is 0 Å². The molecule has 0 fully saturated rings. The van der Waals surface area contributed by atoms with Gasteiger partial charge in [0.25, 0.3) is 5.82 Å². The lowest BCUT2D eigenvalue weighted by molar-refractivity contribution is -0.665. The standard InChI is InChI=1S/C43H30N3/c1-27-13-11-21-35-41-38(46(42(27)35)39-23-9-10-26-44(39)2)25-24-37-40(41)32-18-6-5-15-29(32)28-14-3-4-16-30(28)33-19-12-20-34-31-17-7-8-22-36(31)45(37)43(33)34/h3-26H,1-2H3/q+1. The number of rotatable bonds is 1. The summed E-state index contributed by atoms with van der Waals surface area (Å²) in [6, 6.07) is 51.5. The zero-order valence-corrected chi connectivity index (χ0v) is 25.7. The number of para-hydroxylation sites is 3. The van der Waals surface area contributed by atoms with E-state index in [0.29, 0.717) is 0 Å². The van der Waals surface area contributed by atoms with E-state index in [2.05, 4.69) is 173 Å². The molecule has 0 spiro atoms. The maximum atomic E-state index is 2.54. The van der Waals surface area contributed by atoms with Gasteiger partial charge in [-0.3, -0.25) is 0 Å². The summed E-state index contributed by atoms with van der Waals surface area (Å²) in [5.74, 6) is 1.14. The van der Waals surface area contributed by atoms with E-state index in [-0.39, 0.29) is 0 Å². The van der Waals surface area contributed by atoms with Gasteiger partial charge in [0, 0.05) is 38.4 Å². The third-order valence-corrected chi connectivity index (χ3v) is 10.0. The molecule has 4 heterocycles. The van der Waals surface area contributed by atoms with E-state index < -0.39 is 0 Å². The van der Waals surface area contributed by atoms with Crippen molar-refractivity contribution in [1.82, 2.24) is 8.97 Å². The Morgan fingerprint density at radius 1 is 0.413 bits per heavy atom. The Bertz CT molecular complexity index is 2940. The highest BCUT2D eigenvalue weighted by atomic mass is 15.1. The molecule has 3 nitrogen and oxygen atoms in total.